The molecule has 1 aliphatic rings. The highest BCUT2D eigenvalue weighted by atomic mass is 19.1. The van der Waals surface area contributed by atoms with E-state index in [1.807, 2.05) is 6.92 Å². The molecule has 2 heterocycles. The molecule has 0 saturated heterocycles. The fourth-order valence-electron chi connectivity index (χ4n) is 2.82. The second kappa shape index (κ2) is 7.02. The van der Waals surface area contributed by atoms with E-state index in [1.165, 1.54) is 18.5 Å². The molecule has 0 unspecified atom stereocenters. The third-order valence-electron chi connectivity index (χ3n) is 4.01. The van der Waals surface area contributed by atoms with Gasteiger partial charge in [0.15, 0.2) is 0 Å². The molecule has 0 spiro atoms. The van der Waals surface area contributed by atoms with Gasteiger partial charge in [-0.15, -0.1) is 0 Å². The molecule has 6 heteroatoms. The smallest absolute Gasteiger partial charge is 0.221 e. The minimum Gasteiger partial charge on any atom is -0.478 e. The summed E-state index contributed by atoms with van der Waals surface area (Å²) >= 11 is 0. The number of β-amino-alcohol motifs (C(OH)–C–C–N with tert-alkyl or cyclic N) is 1. The lowest BCUT2D eigenvalue weighted by molar-refractivity contribution is 0.104. The van der Waals surface area contributed by atoms with Crippen molar-refractivity contribution in [3.8, 4) is 5.88 Å². The van der Waals surface area contributed by atoms with Crippen molar-refractivity contribution >= 4 is 0 Å². The average molecular weight is 317 g/mol. The molecular weight excluding hydrogens is 297 g/mol. The van der Waals surface area contributed by atoms with Gasteiger partial charge in [-0.1, -0.05) is 12.1 Å². The summed E-state index contributed by atoms with van der Waals surface area (Å²) in [6.45, 7) is 4.41. The van der Waals surface area contributed by atoms with Gasteiger partial charge in [-0.05, 0) is 24.6 Å². The van der Waals surface area contributed by atoms with Crippen molar-refractivity contribution in [2.24, 2.45) is 0 Å². The van der Waals surface area contributed by atoms with E-state index in [-0.39, 0.29) is 5.82 Å². The fraction of sp³-hybridized carbons (Fsp3) is 0.412. The minimum atomic E-state index is -0.655. The van der Waals surface area contributed by atoms with Crippen LogP contribution in [0, 0.1) is 5.82 Å². The zero-order valence-corrected chi connectivity index (χ0v) is 13.1. The van der Waals surface area contributed by atoms with E-state index < -0.39 is 6.10 Å². The Kier molecular flexibility index (Phi) is 4.83. The van der Waals surface area contributed by atoms with Crippen molar-refractivity contribution < 1.29 is 14.2 Å². The summed E-state index contributed by atoms with van der Waals surface area (Å²) < 4.78 is 18.5. The maximum atomic E-state index is 13.0. The van der Waals surface area contributed by atoms with Gasteiger partial charge in [0, 0.05) is 31.6 Å². The Balaban J connectivity index is 1.70. The van der Waals surface area contributed by atoms with Crippen LogP contribution < -0.4 is 4.74 Å². The van der Waals surface area contributed by atoms with Crippen molar-refractivity contribution in [1.82, 2.24) is 14.9 Å². The third-order valence-corrected chi connectivity index (χ3v) is 4.01. The van der Waals surface area contributed by atoms with Gasteiger partial charge in [0.1, 0.15) is 12.1 Å². The van der Waals surface area contributed by atoms with E-state index >= 15 is 0 Å². The van der Waals surface area contributed by atoms with Gasteiger partial charge < -0.3 is 9.84 Å². The lowest BCUT2D eigenvalue weighted by Crippen LogP contribution is -2.35. The first-order valence-electron chi connectivity index (χ1n) is 7.78. The van der Waals surface area contributed by atoms with Crippen LogP contribution in [-0.4, -0.2) is 39.7 Å². The molecule has 0 fully saturated rings. The quantitative estimate of drug-likeness (QED) is 0.915. The van der Waals surface area contributed by atoms with Gasteiger partial charge in [-0.2, -0.15) is 0 Å². The summed E-state index contributed by atoms with van der Waals surface area (Å²) in [5.74, 6) is 0.324. The molecule has 0 amide bonds. The highest BCUT2D eigenvalue weighted by molar-refractivity contribution is 5.31. The van der Waals surface area contributed by atoms with Gasteiger partial charge >= 0.3 is 0 Å². The summed E-state index contributed by atoms with van der Waals surface area (Å²) in [7, 11) is 0. The second-order valence-electron chi connectivity index (χ2n) is 5.59. The van der Waals surface area contributed by atoms with Crippen LogP contribution in [0.4, 0.5) is 4.39 Å². The Morgan fingerprint density at radius 1 is 1.30 bits per heavy atom. The fourth-order valence-corrected chi connectivity index (χ4v) is 2.82. The highest BCUT2D eigenvalue weighted by Gasteiger charge is 2.23. The first-order valence-corrected chi connectivity index (χ1v) is 7.78. The molecule has 23 heavy (non-hydrogen) atoms. The topological polar surface area (TPSA) is 58.5 Å². The van der Waals surface area contributed by atoms with E-state index in [4.69, 9.17) is 4.74 Å². The normalized spacial score (nSPS) is 16.0. The summed E-state index contributed by atoms with van der Waals surface area (Å²) in [4.78, 5) is 10.7. The van der Waals surface area contributed by atoms with Crippen LogP contribution in [0.25, 0.3) is 0 Å². The molecule has 0 saturated carbocycles. The van der Waals surface area contributed by atoms with Gasteiger partial charge in [-0.3, -0.25) is 4.90 Å². The number of rotatable bonds is 5. The lowest BCUT2D eigenvalue weighted by Gasteiger charge is -2.30. The maximum absolute atomic E-state index is 13.0. The number of fused-ring (bicyclic) bond motifs is 1. The third kappa shape index (κ3) is 3.65. The number of hydrogen-bond acceptors (Lipinski definition) is 5. The molecule has 1 atom stereocenters. The molecule has 1 aromatic carbocycles. The Morgan fingerprint density at radius 3 is 2.83 bits per heavy atom. The summed E-state index contributed by atoms with van der Waals surface area (Å²) in [5, 5.41) is 10.4. The molecule has 122 valence electrons. The minimum absolute atomic E-state index is 0.300. The highest BCUT2D eigenvalue weighted by Crippen LogP contribution is 2.26. The van der Waals surface area contributed by atoms with Gasteiger partial charge in [0.2, 0.25) is 5.88 Å². The van der Waals surface area contributed by atoms with Gasteiger partial charge in [-0.25, -0.2) is 14.4 Å². The predicted molar refractivity (Wildman–Crippen MR) is 83.5 cm³/mol. The van der Waals surface area contributed by atoms with Crippen molar-refractivity contribution in [2.45, 2.75) is 26.0 Å². The monoisotopic (exact) mass is 317 g/mol. The number of ether oxygens (including phenoxy) is 1. The van der Waals surface area contributed by atoms with Crippen molar-refractivity contribution in [2.75, 3.05) is 19.7 Å². The predicted octanol–water partition coefficient (Wildman–Crippen LogP) is 2.11. The van der Waals surface area contributed by atoms with Crippen LogP contribution in [0.15, 0.2) is 30.6 Å². The molecule has 2 aromatic rings. The zero-order valence-electron chi connectivity index (χ0n) is 13.1. The lowest BCUT2D eigenvalue weighted by atomic mass is 10.0. The van der Waals surface area contributed by atoms with Crippen molar-refractivity contribution in [3.05, 3.63) is 53.2 Å². The van der Waals surface area contributed by atoms with Gasteiger partial charge in [0.05, 0.1) is 18.4 Å². The first-order chi connectivity index (χ1) is 11.2. The van der Waals surface area contributed by atoms with E-state index in [0.717, 1.165) is 24.2 Å². The molecule has 1 aromatic heterocycles. The van der Waals surface area contributed by atoms with E-state index in [0.29, 0.717) is 31.1 Å². The Morgan fingerprint density at radius 2 is 2.09 bits per heavy atom. The van der Waals surface area contributed by atoms with E-state index in [2.05, 4.69) is 14.9 Å². The van der Waals surface area contributed by atoms with Crippen LogP contribution >= 0.6 is 0 Å². The molecule has 0 radical (unpaired) electrons. The second-order valence-corrected chi connectivity index (χ2v) is 5.59. The molecule has 1 N–H and O–H groups in total. The Labute approximate surface area is 134 Å². The van der Waals surface area contributed by atoms with E-state index in [9.17, 15) is 9.50 Å². The van der Waals surface area contributed by atoms with Gasteiger partial charge in [0.25, 0.3) is 0 Å². The number of aromatic nitrogens is 2. The van der Waals surface area contributed by atoms with Crippen LogP contribution in [0.1, 0.15) is 29.8 Å². The first kappa shape index (κ1) is 15.8. The summed E-state index contributed by atoms with van der Waals surface area (Å²) in [6.07, 6.45) is 1.68. The molecule has 0 aliphatic carbocycles. The van der Waals surface area contributed by atoms with Crippen LogP contribution in [0.5, 0.6) is 5.88 Å². The largest absolute Gasteiger partial charge is 0.478 e. The number of benzene rings is 1. The van der Waals surface area contributed by atoms with E-state index in [1.54, 1.807) is 12.1 Å². The molecule has 3 rings (SSSR count). The number of aliphatic hydroxyl groups excluding tert-OH is 1. The summed E-state index contributed by atoms with van der Waals surface area (Å²) in [5.41, 5.74) is 2.72. The maximum Gasteiger partial charge on any atom is 0.221 e. The van der Waals surface area contributed by atoms with Crippen LogP contribution in [0.3, 0.4) is 0 Å². The van der Waals surface area contributed by atoms with Crippen LogP contribution in [-0.2, 0) is 13.0 Å². The molecule has 1 aliphatic heterocycles. The molecule has 5 nitrogen and oxygen atoms in total. The Hall–Kier alpha value is -2.05. The SMILES string of the molecule is CCOc1ncnc2c1CN(C[C@@H](O)c1ccc(F)cc1)CC2. The van der Waals surface area contributed by atoms with Crippen LogP contribution in [0.2, 0.25) is 0 Å². The number of hydrogen-bond donors (Lipinski definition) is 1. The van der Waals surface area contributed by atoms with Crippen molar-refractivity contribution in [3.63, 3.8) is 0 Å². The molecular formula is C17H20FN3O2. The summed E-state index contributed by atoms with van der Waals surface area (Å²) in [6, 6.07) is 5.97. The Bertz CT molecular complexity index is 663. The number of halogens is 1. The molecule has 0 bridgehead atoms. The number of nitrogens with zero attached hydrogens (tertiary/aromatic N) is 3. The number of aliphatic hydroxyl groups is 1. The average Bonchev–Trinajstić information content (AvgIpc) is 2.56. The standard InChI is InChI=1S/C17H20FN3O2/c1-2-23-17-14-9-21(8-7-15(14)19-11-20-17)10-16(22)12-3-5-13(18)6-4-12/h3-6,11,16,22H,2,7-10H2,1H3/t16-/m1/s1. The zero-order chi connectivity index (χ0) is 16.2. The van der Waals surface area contributed by atoms with Crippen molar-refractivity contribution in [1.29, 1.82) is 0 Å².